The molecule has 0 N–H and O–H groups in total. The van der Waals surface area contributed by atoms with Crippen molar-refractivity contribution in [1.29, 1.82) is 0 Å². The van der Waals surface area contributed by atoms with Crippen molar-refractivity contribution in [2.24, 2.45) is 0 Å². The molecule has 14 aromatic rings. The predicted octanol–water partition coefficient (Wildman–Crippen LogP) is 18.2. The van der Waals surface area contributed by atoms with E-state index >= 15 is 0 Å². The maximum absolute atomic E-state index is 4.83. The first kappa shape index (κ1) is 44.5. The topological polar surface area (TPSA) is 48.0 Å². The molecule has 0 aliphatic carbocycles. The lowest BCUT2D eigenvalue weighted by molar-refractivity contribution is 0.881. The van der Waals surface area contributed by atoms with Crippen LogP contribution < -0.4 is 0 Å². The van der Waals surface area contributed by atoms with Crippen molar-refractivity contribution in [2.75, 3.05) is 0 Å². The van der Waals surface area contributed by atoms with Crippen LogP contribution in [0.3, 0.4) is 0 Å². The van der Waals surface area contributed by atoms with Crippen LogP contribution in [0.1, 0.15) is 0 Å². The number of hydrogen-bond donors (Lipinski definition) is 0. The highest BCUT2D eigenvalue weighted by molar-refractivity contribution is 6.13. The van der Waals surface area contributed by atoms with Crippen LogP contribution in [0.2, 0.25) is 0 Å². The van der Waals surface area contributed by atoms with Gasteiger partial charge in [-0.25, -0.2) is 9.67 Å². The third-order valence-electron chi connectivity index (χ3n) is 14.8. The highest BCUT2D eigenvalue weighted by Crippen LogP contribution is 2.45. The van der Waals surface area contributed by atoms with E-state index in [9.17, 15) is 0 Å². The number of pyridine rings is 2. The standard InChI is InChI=1S/C71H47N5/c1-2-15-48(16-3-1)49-26-28-51(29-27-49)67-47-53(69-24-12-13-38-72-69)33-36-64(67)63-22-9-8-21-62(63)56-44-54(60-19-6-4-17-58(60)50-30-34-57(35-31-50)76-41-14-39-74-76)43-55(45-56)61-20-7-5-18-59(61)52-32-37-66-68(46-52)65-23-10-11-25-70(65)75-42-40-73-71(66)75/h1-47H. The number of hydrogen-bond acceptors (Lipinski definition) is 3. The second-order valence-electron chi connectivity index (χ2n) is 19.3. The summed E-state index contributed by atoms with van der Waals surface area (Å²) in [6, 6.07) is 92.3. The molecule has 0 fully saturated rings. The second kappa shape index (κ2) is 19.0. The van der Waals surface area contributed by atoms with Crippen molar-refractivity contribution >= 4 is 27.3 Å². The maximum atomic E-state index is 4.83. The summed E-state index contributed by atoms with van der Waals surface area (Å²) in [5.74, 6) is 0. The first-order valence-corrected chi connectivity index (χ1v) is 25.7. The fourth-order valence-corrected chi connectivity index (χ4v) is 11.2. The molecule has 0 bridgehead atoms. The van der Waals surface area contributed by atoms with Crippen LogP contribution in [-0.2, 0) is 0 Å². The minimum absolute atomic E-state index is 0.935. The maximum Gasteiger partial charge on any atom is 0.145 e. The number of imidazole rings is 1. The molecule has 76 heavy (non-hydrogen) atoms. The van der Waals surface area contributed by atoms with Gasteiger partial charge in [0.2, 0.25) is 0 Å². The Morgan fingerprint density at radius 1 is 0.263 bits per heavy atom. The van der Waals surface area contributed by atoms with Crippen LogP contribution in [-0.4, -0.2) is 24.1 Å². The predicted molar refractivity (Wildman–Crippen MR) is 314 cm³/mol. The van der Waals surface area contributed by atoms with E-state index in [0.717, 1.165) is 111 Å². The first-order valence-electron chi connectivity index (χ1n) is 25.7. The van der Waals surface area contributed by atoms with Crippen molar-refractivity contribution in [3.8, 4) is 106 Å². The summed E-state index contributed by atoms with van der Waals surface area (Å²) in [4.78, 5) is 9.61. The fraction of sp³-hybridized carbons (Fsp3) is 0. The molecule has 0 radical (unpaired) electrons. The Labute approximate surface area is 441 Å². The Balaban J connectivity index is 0.968. The van der Waals surface area contributed by atoms with Crippen LogP contribution in [0.15, 0.2) is 286 Å². The molecule has 5 heteroatoms. The molecule has 0 amide bonds. The van der Waals surface area contributed by atoms with E-state index in [1.807, 2.05) is 41.6 Å². The van der Waals surface area contributed by atoms with Crippen LogP contribution in [0, 0.1) is 0 Å². The number of para-hydroxylation sites is 1. The number of aromatic nitrogens is 5. The number of benzene rings is 10. The lowest BCUT2D eigenvalue weighted by Gasteiger charge is -2.19. The van der Waals surface area contributed by atoms with Gasteiger partial charge in [0.25, 0.3) is 0 Å². The summed E-state index contributed by atoms with van der Waals surface area (Å²) in [5.41, 5.74) is 23.4. The summed E-state index contributed by atoms with van der Waals surface area (Å²) in [6.07, 6.45) is 9.60. The van der Waals surface area contributed by atoms with E-state index in [4.69, 9.17) is 9.97 Å². The van der Waals surface area contributed by atoms with Crippen molar-refractivity contribution in [1.82, 2.24) is 24.1 Å². The van der Waals surface area contributed by atoms with Gasteiger partial charge in [-0.3, -0.25) is 9.38 Å². The van der Waals surface area contributed by atoms with Gasteiger partial charge in [0.05, 0.1) is 16.9 Å². The molecule has 0 spiro atoms. The fourth-order valence-electron chi connectivity index (χ4n) is 11.2. The van der Waals surface area contributed by atoms with Crippen LogP contribution in [0.5, 0.6) is 0 Å². The monoisotopic (exact) mass is 969 g/mol. The van der Waals surface area contributed by atoms with Gasteiger partial charge < -0.3 is 0 Å². The molecule has 4 heterocycles. The van der Waals surface area contributed by atoms with Gasteiger partial charge in [-0.15, -0.1) is 0 Å². The molecular weight excluding hydrogens is 923 g/mol. The molecular formula is C71H47N5. The van der Waals surface area contributed by atoms with E-state index in [-0.39, 0.29) is 0 Å². The van der Waals surface area contributed by atoms with Crippen LogP contribution in [0.25, 0.3) is 133 Å². The third-order valence-corrected chi connectivity index (χ3v) is 14.8. The molecule has 0 atom stereocenters. The van der Waals surface area contributed by atoms with E-state index in [2.05, 4.69) is 258 Å². The third kappa shape index (κ3) is 8.04. The number of nitrogens with zero attached hydrogens (tertiary/aromatic N) is 5. The summed E-state index contributed by atoms with van der Waals surface area (Å²) < 4.78 is 4.09. The minimum atomic E-state index is 0.935. The van der Waals surface area contributed by atoms with Gasteiger partial charge >= 0.3 is 0 Å². The van der Waals surface area contributed by atoms with Gasteiger partial charge in [-0.1, -0.05) is 182 Å². The van der Waals surface area contributed by atoms with Crippen LogP contribution in [0.4, 0.5) is 0 Å². The number of fused-ring (bicyclic) bond motifs is 6. The highest BCUT2D eigenvalue weighted by atomic mass is 15.3. The summed E-state index contributed by atoms with van der Waals surface area (Å²) in [6.45, 7) is 0. The zero-order valence-electron chi connectivity index (χ0n) is 41.4. The molecule has 10 aromatic carbocycles. The van der Waals surface area contributed by atoms with Crippen LogP contribution >= 0.6 is 0 Å². The summed E-state index contributed by atoms with van der Waals surface area (Å²) in [5, 5.41) is 7.99. The SMILES string of the molecule is c1ccc(-c2ccc(-c3cc(-c4ccccn4)ccc3-c3ccccc3-c3cc(-c4ccccc4-c4ccc(-n5cccn5)cc4)cc(-c4ccccc4-c4ccc5c(c4)c4ccccc4n4ccnc54)c3)cc2)cc1. The molecule has 0 unspecified atom stereocenters. The van der Waals surface area contributed by atoms with E-state index in [1.54, 1.807) is 0 Å². The molecule has 0 saturated carbocycles. The highest BCUT2D eigenvalue weighted by Gasteiger charge is 2.20. The molecule has 356 valence electrons. The van der Waals surface area contributed by atoms with Gasteiger partial charge in [0, 0.05) is 47.3 Å². The van der Waals surface area contributed by atoms with Crippen molar-refractivity contribution in [3.63, 3.8) is 0 Å². The van der Waals surface area contributed by atoms with Crippen molar-refractivity contribution in [3.05, 3.63) is 286 Å². The average Bonchev–Trinajstić information content (AvgIpc) is 4.25. The zero-order chi connectivity index (χ0) is 50.4. The summed E-state index contributed by atoms with van der Waals surface area (Å²) >= 11 is 0. The molecule has 0 aliphatic heterocycles. The molecule has 0 aliphatic rings. The summed E-state index contributed by atoms with van der Waals surface area (Å²) in [7, 11) is 0. The van der Waals surface area contributed by atoms with Crippen molar-refractivity contribution < 1.29 is 0 Å². The smallest absolute Gasteiger partial charge is 0.145 e. The average molecular weight is 970 g/mol. The van der Waals surface area contributed by atoms with Gasteiger partial charge in [0.15, 0.2) is 0 Å². The Morgan fingerprint density at radius 3 is 1.49 bits per heavy atom. The second-order valence-corrected chi connectivity index (χ2v) is 19.3. The Morgan fingerprint density at radius 2 is 0.803 bits per heavy atom. The van der Waals surface area contributed by atoms with Gasteiger partial charge in [-0.2, -0.15) is 5.10 Å². The Hall–Kier alpha value is -10.2. The largest absolute Gasteiger partial charge is 0.299 e. The molecule has 4 aromatic heterocycles. The Bertz CT molecular complexity index is 4420. The first-order chi connectivity index (χ1) is 37.7. The quantitative estimate of drug-likeness (QED) is 0.128. The number of rotatable bonds is 10. The van der Waals surface area contributed by atoms with Gasteiger partial charge in [0.1, 0.15) is 5.65 Å². The van der Waals surface area contributed by atoms with E-state index < -0.39 is 0 Å². The molecule has 14 rings (SSSR count). The Kier molecular flexibility index (Phi) is 11.1. The lowest BCUT2D eigenvalue weighted by Crippen LogP contribution is -1.95. The normalized spacial score (nSPS) is 11.4. The van der Waals surface area contributed by atoms with Crippen molar-refractivity contribution in [2.45, 2.75) is 0 Å². The zero-order valence-corrected chi connectivity index (χ0v) is 41.4. The van der Waals surface area contributed by atoms with Gasteiger partial charge in [-0.05, 0) is 167 Å². The minimum Gasteiger partial charge on any atom is -0.299 e. The van der Waals surface area contributed by atoms with E-state index in [0.29, 0.717) is 0 Å². The lowest BCUT2D eigenvalue weighted by atomic mass is 9.84. The van der Waals surface area contributed by atoms with E-state index in [1.165, 1.54) is 21.9 Å². The molecule has 5 nitrogen and oxygen atoms in total. The molecule has 0 saturated heterocycles.